The minimum absolute atomic E-state index is 0.0607. The van der Waals surface area contributed by atoms with Crippen LogP contribution in [0.4, 0.5) is 0 Å². The van der Waals surface area contributed by atoms with Crippen LogP contribution in [0, 0.1) is 0 Å². The first-order valence-corrected chi connectivity index (χ1v) is 8.38. The molecule has 2 aromatic rings. The zero-order chi connectivity index (χ0) is 17.6. The molecule has 6 heteroatoms. The summed E-state index contributed by atoms with van der Waals surface area (Å²) in [4.78, 5) is 28.9. The Morgan fingerprint density at radius 2 is 1.76 bits per heavy atom. The molecule has 3 rings (SSSR count). The topological polar surface area (TPSA) is 63.0 Å². The minimum Gasteiger partial charge on any atom is -0.472 e. The van der Waals surface area contributed by atoms with E-state index in [1.807, 2.05) is 30.3 Å². The van der Waals surface area contributed by atoms with Crippen molar-refractivity contribution < 1.29 is 18.7 Å². The van der Waals surface area contributed by atoms with E-state index in [0.717, 1.165) is 12.0 Å². The molecule has 2 amide bonds. The normalized spacial score (nSPS) is 16.4. The standard InChI is InChI=1S/C19H22N2O4/c1-24-17(15-6-3-2-4-7-15)19(23)21-10-5-9-20(11-12-21)18(22)16-8-13-25-14-16/h2-4,6-8,13-14,17H,5,9-12H2,1H3/t17-/m1/s1. The third-order valence-corrected chi connectivity index (χ3v) is 4.43. The second-order valence-corrected chi connectivity index (χ2v) is 6.01. The van der Waals surface area contributed by atoms with Crippen LogP contribution in [0.15, 0.2) is 53.3 Å². The summed E-state index contributed by atoms with van der Waals surface area (Å²) in [6.45, 7) is 2.23. The molecule has 1 fully saturated rings. The van der Waals surface area contributed by atoms with Crippen molar-refractivity contribution in [2.75, 3.05) is 33.3 Å². The maximum absolute atomic E-state index is 12.9. The molecule has 0 bridgehead atoms. The number of rotatable bonds is 4. The monoisotopic (exact) mass is 342 g/mol. The predicted molar refractivity (Wildman–Crippen MR) is 92.0 cm³/mol. The molecule has 0 saturated carbocycles. The van der Waals surface area contributed by atoms with Crippen molar-refractivity contribution in [3.8, 4) is 0 Å². The van der Waals surface area contributed by atoms with Gasteiger partial charge >= 0.3 is 0 Å². The first kappa shape index (κ1) is 17.2. The van der Waals surface area contributed by atoms with Crippen LogP contribution in [0.3, 0.4) is 0 Å². The molecule has 1 aliphatic rings. The van der Waals surface area contributed by atoms with Crippen LogP contribution in [0.5, 0.6) is 0 Å². The van der Waals surface area contributed by atoms with Crippen LogP contribution in [0.2, 0.25) is 0 Å². The lowest BCUT2D eigenvalue weighted by Gasteiger charge is -2.26. The molecular weight excluding hydrogens is 320 g/mol. The number of benzene rings is 1. The lowest BCUT2D eigenvalue weighted by atomic mass is 10.1. The van der Waals surface area contributed by atoms with Gasteiger partial charge in [-0.2, -0.15) is 0 Å². The van der Waals surface area contributed by atoms with Crippen molar-refractivity contribution in [1.82, 2.24) is 9.80 Å². The predicted octanol–water partition coefficient (Wildman–Crippen LogP) is 2.34. The minimum atomic E-state index is -0.614. The molecule has 0 unspecified atom stereocenters. The molecule has 0 radical (unpaired) electrons. The van der Waals surface area contributed by atoms with E-state index < -0.39 is 6.10 Å². The first-order chi connectivity index (χ1) is 12.2. The van der Waals surface area contributed by atoms with Gasteiger partial charge < -0.3 is 19.0 Å². The number of methoxy groups -OCH3 is 1. The summed E-state index contributed by atoms with van der Waals surface area (Å²) in [5, 5.41) is 0. The number of hydrogen-bond donors (Lipinski definition) is 0. The largest absolute Gasteiger partial charge is 0.472 e. The third kappa shape index (κ3) is 3.91. The van der Waals surface area contributed by atoms with Gasteiger partial charge in [-0.1, -0.05) is 30.3 Å². The van der Waals surface area contributed by atoms with Crippen molar-refractivity contribution in [1.29, 1.82) is 0 Å². The number of hydrogen-bond acceptors (Lipinski definition) is 4. The molecule has 1 aliphatic heterocycles. The van der Waals surface area contributed by atoms with E-state index in [2.05, 4.69) is 0 Å². The number of carbonyl (C=O) groups is 2. The Bertz CT molecular complexity index is 699. The number of ether oxygens (including phenoxy) is 1. The van der Waals surface area contributed by atoms with E-state index in [9.17, 15) is 9.59 Å². The van der Waals surface area contributed by atoms with Crippen LogP contribution >= 0.6 is 0 Å². The Kier molecular flexibility index (Phi) is 5.50. The molecule has 6 nitrogen and oxygen atoms in total. The summed E-state index contributed by atoms with van der Waals surface area (Å²) in [5.41, 5.74) is 1.38. The van der Waals surface area contributed by atoms with Gasteiger partial charge in [-0.3, -0.25) is 9.59 Å². The van der Waals surface area contributed by atoms with Crippen LogP contribution < -0.4 is 0 Å². The molecule has 1 saturated heterocycles. The zero-order valence-electron chi connectivity index (χ0n) is 14.3. The SMILES string of the molecule is CO[C@@H](C(=O)N1CCCN(C(=O)c2ccoc2)CC1)c1ccccc1. The fourth-order valence-electron chi connectivity index (χ4n) is 3.08. The average Bonchev–Trinajstić information content (AvgIpc) is 3.07. The summed E-state index contributed by atoms with van der Waals surface area (Å²) >= 11 is 0. The quantitative estimate of drug-likeness (QED) is 0.856. The third-order valence-electron chi connectivity index (χ3n) is 4.43. The van der Waals surface area contributed by atoms with Crippen molar-refractivity contribution in [2.24, 2.45) is 0 Å². The number of nitrogens with zero attached hydrogens (tertiary/aromatic N) is 2. The van der Waals surface area contributed by atoms with Crippen molar-refractivity contribution in [2.45, 2.75) is 12.5 Å². The van der Waals surface area contributed by atoms with E-state index >= 15 is 0 Å². The molecule has 0 aliphatic carbocycles. The van der Waals surface area contributed by atoms with Gasteiger partial charge in [0.15, 0.2) is 6.10 Å². The van der Waals surface area contributed by atoms with Gasteiger partial charge in [0, 0.05) is 33.3 Å². The molecule has 2 heterocycles. The molecule has 1 aromatic heterocycles. The Balaban J connectivity index is 1.66. The maximum atomic E-state index is 12.9. The molecule has 1 atom stereocenters. The Morgan fingerprint density at radius 1 is 1.04 bits per heavy atom. The van der Waals surface area contributed by atoms with Gasteiger partial charge in [0.2, 0.25) is 0 Å². The lowest BCUT2D eigenvalue weighted by molar-refractivity contribution is -0.142. The van der Waals surface area contributed by atoms with Gasteiger partial charge in [-0.25, -0.2) is 0 Å². The van der Waals surface area contributed by atoms with Gasteiger partial charge in [-0.15, -0.1) is 0 Å². The van der Waals surface area contributed by atoms with Crippen molar-refractivity contribution in [3.05, 3.63) is 60.1 Å². The van der Waals surface area contributed by atoms with E-state index in [0.29, 0.717) is 31.7 Å². The first-order valence-electron chi connectivity index (χ1n) is 8.38. The van der Waals surface area contributed by atoms with E-state index in [4.69, 9.17) is 9.15 Å². The Labute approximate surface area is 147 Å². The highest BCUT2D eigenvalue weighted by Crippen LogP contribution is 2.20. The molecule has 1 aromatic carbocycles. The van der Waals surface area contributed by atoms with Gasteiger partial charge in [-0.05, 0) is 18.1 Å². The second-order valence-electron chi connectivity index (χ2n) is 6.01. The summed E-state index contributed by atoms with van der Waals surface area (Å²) < 4.78 is 10.4. The summed E-state index contributed by atoms with van der Waals surface area (Å²) in [6, 6.07) is 11.1. The van der Waals surface area contributed by atoms with Crippen LogP contribution in [-0.4, -0.2) is 54.9 Å². The van der Waals surface area contributed by atoms with Crippen molar-refractivity contribution in [3.63, 3.8) is 0 Å². The highest BCUT2D eigenvalue weighted by atomic mass is 16.5. The zero-order valence-corrected chi connectivity index (χ0v) is 14.3. The lowest BCUT2D eigenvalue weighted by Crippen LogP contribution is -2.39. The van der Waals surface area contributed by atoms with Crippen molar-refractivity contribution >= 4 is 11.8 Å². The van der Waals surface area contributed by atoms with Crippen LogP contribution in [0.1, 0.15) is 28.4 Å². The summed E-state index contributed by atoms with van der Waals surface area (Å²) in [6.07, 6.45) is 3.06. The van der Waals surface area contributed by atoms with Gasteiger partial charge in [0.25, 0.3) is 11.8 Å². The summed E-state index contributed by atoms with van der Waals surface area (Å²) in [7, 11) is 1.54. The Morgan fingerprint density at radius 3 is 2.44 bits per heavy atom. The highest BCUT2D eigenvalue weighted by Gasteiger charge is 2.28. The maximum Gasteiger partial charge on any atom is 0.257 e. The smallest absolute Gasteiger partial charge is 0.257 e. The highest BCUT2D eigenvalue weighted by molar-refractivity contribution is 5.94. The molecule has 25 heavy (non-hydrogen) atoms. The summed E-state index contributed by atoms with van der Waals surface area (Å²) in [5.74, 6) is -0.124. The van der Waals surface area contributed by atoms with Gasteiger partial charge in [0.05, 0.1) is 11.8 Å². The number of furan rings is 1. The Hall–Kier alpha value is -2.60. The molecular formula is C19H22N2O4. The van der Waals surface area contributed by atoms with E-state index in [-0.39, 0.29) is 11.8 Å². The molecule has 0 N–H and O–H groups in total. The van der Waals surface area contributed by atoms with Crippen LogP contribution in [0.25, 0.3) is 0 Å². The van der Waals surface area contributed by atoms with Crippen LogP contribution in [-0.2, 0) is 9.53 Å². The second kappa shape index (κ2) is 7.98. The fraction of sp³-hybridized carbons (Fsp3) is 0.368. The van der Waals surface area contributed by atoms with E-state index in [1.54, 1.807) is 23.0 Å². The average molecular weight is 342 g/mol. The van der Waals surface area contributed by atoms with E-state index in [1.165, 1.54) is 12.5 Å². The fourth-order valence-corrected chi connectivity index (χ4v) is 3.08. The molecule has 132 valence electrons. The number of amides is 2. The number of carbonyl (C=O) groups excluding carboxylic acids is 2. The van der Waals surface area contributed by atoms with Gasteiger partial charge in [0.1, 0.15) is 6.26 Å². The molecule has 0 spiro atoms.